The first-order chi connectivity index (χ1) is 32.0. The van der Waals surface area contributed by atoms with Crippen molar-refractivity contribution in [2.45, 2.75) is 62.9 Å². The minimum atomic E-state index is -2.51. The van der Waals surface area contributed by atoms with E-state index in [1.54, 1.807) is 84.3 Å². The van der Waals surface area contributed by atoms with Gasteiger partial charge in [0.1, 0.15) is 0 Å². The molecule has 386 valence electrons. The van der Waals surface area contributed by atoms with Crippen molar-refractivity contribution < 1.29 is 53.1 Å². The van der Waals surface area contributed by atoms with Gasteiger partial charge < -0.3 is 74.4 Å². The summed E-state index contributed by atoms with van der Waals surface area (Å²) in [6.45, 7) is 11.6. The summed E-state index contributed by atoms with van der Waals surface area (Å²) in [5.74, 6) is 1.45. The van der Waals surface area contributed by atoms with Crippen LogP contribution in [0, 0.1) is 0 Å². The molecular weight excluding hydrogens is 956 g/mol. The fraction of sp³-hybridized carbons (Fsp3) is 0.682. The maximum absolute atomic E-state index is 5.71. The quantitative estimate of drug-likeness (QED) is 0.0163. The van der Waals surface area contributed by atoms with Crippen LogP contribution in [0.2, 0.25) is 24.2 Å². The number of alkyl halides is 1. The third kappa shape index (κ3) is 32.0. The topological polar surface area (TPSA) is 159 Å². The molecule has 2 aromatic rings. The minimum absolute atomic E-state index is 0.463. The zero-order valence-electron chi connectivity index (χ0n) is 42.2. The van der Waals surface area contributed by atoms with Crippen LogP contribution in [-0.4, -0.2) is 171 Å². The van der Waals surface area contributed by atoms with Gasteiger partial charge in [-0.05, 0) is 55.7 Å². The second-order valence-electron chi connectivity index (χ2n) is 14.2. The molecule has 0 fully saturated rings. The van der Waals surface area contributed by atoms with Crippen LogP contribution < -0.4 is 21.3 Å². The Hall–Kier alpha value is -0.952. The lowest BCUT2D eigenvalue weighted by molar-refractivity contribution is 0.109. The Morgan fingerprint density at radius 3 is 1.09 bits per heavy atom. The summed E-state index contributed by atoms with van der Waals surface area (Å²) in [4.78, 5) is 0. The van der Waals surface area contributed by atoms with Gasteiger partial charge in [0.15, 0.2) is 0 Å². The summed E-state index contributed by atoms with van der Waals surface area (Å²) in [7, 11) is 8.43. The number of nitrogens with one attached hydrogen (secondary N) is 4. The standard InChI is InChI=1S/C17H30N2O3Si.C15H28N2O3Si.C6H15ClO3Si.C6H16O3SSi/c1-4-14-22-23(20-2,21-3)15-8-11-18-12-13-19-16-17-9-6-5-7-10-17;1-18-21(19-2,20-3)13-7-10-16-11-12-17-14-15-8-5-4-6-9-15;1-8-11(9-2,10-3)6-4-5-7;1-7-11(8-2,9-3)6-4-5-10/h4-7,9-10,18-19H,1,8,11-16H2,2-3H3;4-6,8-9,16-17H,7,10-14H2,1-3H3;4-6H2,1-3H3;10H,4-6H2,1-3H3. The summed E-state index contributed by atoms with van der Waals surface area (Å²) in [6, 6.07) is 24.1. The summed E-state index contributed by atoms with van der Waals surface area (Å²) >= 11 is 9.64. The largest absolute Gasteiger partial charge is 0.500 e. The van der Waals surface area contributed by atoms with E-state index in [2.05, 4.69) is 89.0 Å². The van der Waals surface area contributed by atoms with E-state index in [0.717, 1.165) is 108 Å². The predicted molar refractivity (Wildman–Crippen MR) is 281 cm³/mol. The van der Waals surface area contributed by atoms with Crippen LogP contribution in [0.5, 0.6) is 0 Å². The van der Waals surface area contributed by atoms with Crippen molar-refractivity contribution in [1.29, 1.82) is 0 Å². The highest BCUT2D eigenvalue weighted by Gasteiger charge is 2.39. The van der Waals surface area contributed by atoms with Gasteiger partial charge in [-0.25, -0.2) is 0 Å². The van der Waals surface area contributed by atoms with E-state index in [1.165, 1.54) is 11.1 Å². The zero-order chi connectivity index (χ0) is 49.7. The van der Waals surface area contributed by atoms with Gasteiger partial charge in [0.05, 0.1) is 6.61 Å². The van der Waals surface area contributed by atoms with Gasteiger partial charge in [0, 0.05) is 148 Å². The summed E-state index contributed by atoms with van der Waals surface area (Å²) in [5, 5.41) is 13.7. The molecule has 0 radical (unpaired) electrons. The molecule has 16 nitrogen and oxygen atoms in total. The van der Waals surface area contributed by atoms with Crippen molar-refractivity contribution in [3.63, 3.8) is 0 Å². The van der Waals surface area contributed by atoms with Crippen LogP contribution in [0.25, 0.3) is 0 Å². The van der Waals surface area contributed by atoms with Crippen molar-refractivity contribution >= 4 is 59.4 Å². The lowest BCUT2D eigenvalue weighted by Crippen LogP contribution is -2.44. The molecule has 0 spiro atoms. The molecule has 2 rings (SSSR count). The monoisotopic (exact) mass is 1040 g/mol. The number of rotatable bonds is 38. The maximum Gasteiger partial charge on any atom is 0.500 e. The van der Waals surface area contributed by atoms with E-state index in [9.17, 15) is 0 Å². The fourth-order valence-electron chi connectivity index (χ4n) is 6.03. The highest BCUT2D eigenvalue weighted by Crippen LogP contribution is 2.17. The van der Waals surface area contributed by atoms with Crippen LogP contribution in [0.15, 0.2) is 73.3 Å². The Morgan fingerprint density at radius 2 is 0.773 bits per heavy atom. The van der Waals surface area contributed by atoms with Gasteiger partial charge in [-0.3, -0.25) is 0 Å². The van der Waals surface area contributed by atoms with E-state index < -0.39 is 35.2 Å². The van der Waals surface area contributed by atoms with Gasteiger partial charge in [-0.2, -0.15) is 12.6 Å². The smallest absolute Gasteiger partial charge is 0.377 e. The summed E-state index contributed by atoms with van der Waals surface area (Å²) < 4.78 is 64.0. The van der Waals surface area contributed by atoms with E-state index in [0.29, 0.717) is 12.5 Å². The second-order valence-corrected chi connectivity index (χ2v) is 27.3. The Labute approximate surface area is 415 Å². The molecule has 0 heterocycles. The van der Waals surface area contributed by atoms with Crippen LogP contribution in [0.4, 0.5) is 0 Å². The molecule has 0 saturated carbocycles. The molecule has 0 amide bonds. The summed E-state index contributed by atoms with van der Waals surface area (Å²) in [5.41, 5.74) is 2.62. The maximum atomic E-state index is 5.71. The van der Waals surface area contributed by atoms with Gasteiger partial charge in [-0.15, -0.1) is 18.2 Å². The minimum Gasteiger partial charge on any atom is -0.377 e. The lowest BCUT2D eigenvalue weighted by atomic mass is 10.2. The highest BCUT2D eigenvalue weighted by atomic mass is 35.5. The summed E-state index contributed by atoms with van der Waals surface area (Å²) in [6.07, 6.45) is 5.49. The molecule has 66 heavy (non-hydrogen) atoms. The molecule has 2 aromatic carbocycles. The fourth-order valence-corrected chi connectivity index (χ4v) is 13.9. The Kier molecular flexibility index (Phi) is 46.0. The van der Waals surface area contributed by atoms with E-state index in [4.69, 9.17) is 64.7 Å². The zero-order valence-corrected chi connectivity index (χ0v) is 47.9. The number of thiol groups is 1. The van der Waals surface area contributed by atoms with Crippen molar-refractivity contribution in [3.8, 4) is 0 Å². The SMILES string of the molecule is C=CCO[Si](CCCNCCNCc1ccccc1)(OC)OC.CO[Si](CCCCl)(OC)OC.CO[Si](CCCNCCNCc1ccccc1)(OC)OC.CO[Si](CCCS)(OC)OC. The molecule has 0 atom stereocenters. The van der Waals surface area contributed by atoms with Crippen molar-refractivity contribution in [2.75, 3.05) is 136 Å². The molecule has 4 N–H and O–H groups in total. The first-order valence-electron chi connectivity index (χ1n) is 22.4. The molecule has 0 saturated heterocycles. The molecule has 0 aliphatic rings. The Morgan fingerprint density at radius 1 is 0.455 bits per heavy atom. The van der Waals surface area contributed by atoms with Crippen molar-refractivity contribution in [1.82, 2.24) is 21.3 Å². The molecule has 22 heteroatoms. The average Bonchev–Trinajstić information content (AvgIpc) is 3.38. The van der Waals surface area contributed by atoms with Crippen molar-refractivity contribution in [2.24, 2.45) is 0 Å². The van der Waals surface area contributed by atoms with Crippen LogP contribution in [-0.2, 0) is 66.2 Å². The first-order valence-corrected chi connectivity index (χ1v) is 31.3. The Balaban J connectivity index is 0. The van der Waals surface area contributed by atoms with Gasteiger partial charge in [-0.1, -0.05) is 66.7 Å². The Bertz CT molecular complexity index is 1290. The number of halogens is 1. The number of hydrogen-bond acceptors (Lipinski definition) is 17. The van der Waals surface area contributed by atoms with E-state index in [1.807, 2.05) is 12.1 Å². The highest BCUT2D eigenvalue weighted by molar-refractivity contribution is 7.80. The third-order valence-corrected chi connectivity index (χ3v) is 22.0. The molecule has 0 aliphatic carbocycles. The first kappa shape index (κ1) is 67.1. The van der Waals surface area contributed by atoms with Gasteiger partial charge >= 0.3 is 35.2 Å². The van der Waals surface area contributed by atoms with E-state index in [-0.39, 0.29) is 0 Å². The van der Waals surface area contributed by atoms with E-state index >= 15 is 0 Å². The number of hydrogen-bond donors (Lipinski definition) is 5. The molecule has 0 bridgehead atoms. The van der Waals surface area contributed by atoms with Crippen molar-refractivity contribution in [3.05, 3.63) is 84.4 Å². The third-order valence-electron chi connectivity index (χ3n) is 10.1. The van der Waals surface area contributed by atoms with Crippen LogP contribution in [0.3, 0.4) is 0 Å². The molecular formula is C44H89ClN4O12SSi4. The van der Waals surface area contributed by atoms with Gasteiger partial charge in [0.25, 0.3) is 0 Å². The van der Waals surface area contributed by atoms with Crippen LogP contribution >= 0.6 is 24.2 Å². The molecule has 0 aromatic heterocycles. The average molecular weight is 1050 g/mol. The normalized spacial score (nSPS) is 11.8. The lowest BCUT2D eigenvalue weighted by Gasteiger charge is -2.25. The number of benzene rings is 2. The second kappa shape index (κ2) is 45.2. The molecule has 0 unspecified atom stereocenters. The predicted octanol–water partition coefficient (Wildman–Crippen LogP) is 6.50. The van der Waals surface area contributed by atoms with Gasteiger partial charge in [0.2, 0.25) is 0 Å². The van der Waals surface area contributed by atoms with Crippen LogP contribution in [0.1, 0.15) is 36.8 Å². The molecule has 0 aliphatic heterocycles.